The van der Waals surface area contributed by atoms with Crippen molar-refractivity contribution in [2.45, 2.75) is 0 Å². The summed E-state index contributed by atoms with van der Waals surface area (Å²) >= 11 is 2.96. The minimum absolute atomic E-state index is 0.0583. The Morgan fingerprint density at radius 2 is 1.78 bits per heavy atom. The van der Waals surface area contributed by atoms with Gasteiger partial charge >= 0.3 is 0 Å². The van der Waals surface area contributed by atoms with E-state index in [-0.39, 0.29) is 10.4 Å². The molecule has 0 saturated carbocycles. The Bertz CT molecular complexity index is 844. The lowest BCUT2D eigenvalue weighted by Crippen LogP contribution is -2.19. The van der Waals surface area contributed by atoms with Gasteiger partial charge in [0.25, 0.3) is 5.91 Å². The maximum atomic E-state index is 13.8. The molecule has 1 heterocycles. The number of carbonyl (C=O) groups excluding carboxylic acids is 1. The maximum Gasteiger partial charge on any atom is 0.263 e. The number of nitrogens with one attached hydrogen (secondary N) is 1. The molecule has 0 saturated heterocycles. The van der Waals surface area contributed by atoms with E-state index in [1.54, 1.807) is 24.3 Å². The largest absolute Gasteiger partial charge is 0.290 e. The van der Waals surface area contributed by atoms with Gasteiger partial charge in [-0.2, -0.15) is 14.8 Å². The minimum Gasteiger partial charge on any atom is -0.290 e. The van der Waals surface area contributed by atoms with Gasteiger partial charge < -0.3 is 0 Å². The van der Waals surface area contributed by atoms with Crippen molar-refractivity contribution in [3.8, 4) is 5.69 Å². The average molecular weight is 379 g/mol. The number of hydrogen-bond donors (Lipinski definition) is 1. The van der Waals surface area contributed by atoms with Gasteiger partial charge in [0.1, 0.15) is 23.5 Å². The smallest absolute Gasteiger partial charge is 0.263 e. The van der Waals surface area contributed by atoms with Crippen LogP contribution in [0.1, 0.15) is 10.4 Å². The number of nitrogens with zero attached hydrogens (tertiary/aromatic N) is 3. The van der Waals surface area contributed by atoms with E-state index in [2.05, 4.69) is 31.3 Å². The molecular weight excluding hydrogens is 370 g/mol. The second kappa shape index (κ2) is 6.25. The first-order chi connectivity index (χ1) is 11.1. The Morgan fingerprint density at radius 3 is 2.43 bits per heavy atom. The molecule has 1 N–H and O–H groups in total. The van der Waals surface area contributed by atoms with Crippen LogP contribution in [0, 0.1) is 11.6 Å². The van der Waals surface area contributed by atoms with Gasteiger partial charge in [0.05, 0.1) is 5.69 Å². The van der Waals surface area contributed by atoms with Crippen LogP contribution in [0.5, 0.6) is 0 Å². The first-order valence-electron chi connectivity index (χ1n) is 6.47. The van der Waals surface area contributed by atoms with E-state index in [9.17, 15) is 13.6 Å². The highest BCUT2D eigenvalue weighted by Gasteiger charge is 2.20. The first kappa shape index (κ1) is 15.3. The molecule has 0 aliphatic rings. The minimum atomic E-state index is -0.972. The van der Waals surface area contributed by atoms with E-state index < -0.39 is 23.1 Å². The number of hydrogen-bond acceptors (Lipinski definition) is 3. The molecule has 116 valence electrons. The first-order valence-corrected chi connectivity index (χ1v) is 7.27. The van der Waals surface area contributed by atoms with Crippen molar-refractivity contribution in [3.05, 3.63) is 70.5 Å². The van der Waals surface area contributed by atoms with E-state index in [0.717, 1.165) is 12.1 Å². The number of para-hydroxylation sites is 1. The Balaban J connectivity index is 1.92. The highest BCUT2D eigenvalue weighted by Crippen LogP contribution is 2.21. The molecule has 0 atom stereocenters. The molecule has 5 nitrogen and oxygen atoms in total. The summed E-state index contributed by atoms with van der Waals surface area (Å²) in [6.45, 7) is 0. The van der Waals surface area contributed by atoms with Gasteiger partial charge in [0.2, 0.25) is 5.95 Å². The van der Waals surface area contributed by atoms with Crippen LogP contribution >= 0.6 is 15.9 Å². The molecule has 0 bridgehead atoms. The van der Waals surface area contributed by atoms with Crippen molar-refractivity contribution in [1.82, 2.24) is 14.8 Å². The highest BCUT2D eigenvalue weighted by atomic mass is 79.9. The molecule has 0 unspecified atom stereocenters. The van der Waals surface area contributed by atoms with Crippen molar-refractivity contribution in [1.29, 1.82) is 0 Å². The summed E-state index contributed by atoms with van der Waals surface area (Å²) in [7, 11) is 0. The van der Waals surface area contributed by atoms with E-state index in [4.69, 9.17) is 0 Å². The molecule has 1 aromatic heterocycles. The molecule has 3 aromatic rings. The van der Waals surface area contributed by atoms with Crippen LogP contribution in [0.25, 0.3) is 5.69 Å². The molecule has 23 heavy (non-hydrogen) atoms. The predicted octanol–water partition coefficient (Wildman–Crippen LogP) is 3.56. The van der Waals surface area contributed by atoms with Crippen LogP contribution in [-0.4, -0.2) is 20.7 Å². The zero-order chi connectivity index (χ0) is 16.4. The van der Waals surface area contributed by atoms with Crippen molar-refractivity contribution >= 4 is 27.8 Å². The van der Waals surface area contributed by atoms with Gasteiger partial charge in [-0.15, -0.1) is 0 Å². The predicted molar refractivity (Wildman–Crippen MR) is 83.4 cm³/mol. The molecule has 0 fully saturated rings. The molecule has 1 amide bonds. The quantitative estimate of drug-likeness (QED) is 0.757. The standard InChI is InChI=1S/C15H9BrF2N4O/c16-9-6-11(17)13(12(18)7-9)14(23)21-15-19-8-20-22(15)10-4-2-1-3-5-10/h1-8H,(H,19,20,21,23). The SMILES string of the molecule is O=C(Nc1ncnn1-c1ccccc1)c1c(F)cc(Br)cc1F. The normalized spacial score (nSPS) is 10.6. The zero-order valence-corrected chi connectivity index (χ0v) is 13.1. The van der Waals surface area contributed by atoms with Gasteiger partial charge in [-0.3, -0.25) is 10.1 Å². The van der Waals surface area contributed by atoms with Crippen LogP contribution in [0.15, 0.2) is 53.3 Å². The van der Waals surface area contributed by atoms with Gasteiger partial charge in [-0.1, -0.05) is 34.1 Å². The average Bonchev–Trinajstić information content (AvgIpc) is 2.95. The van der Waals surface area contributed by atoms with Crippen molar-refractivity contribution in [2.75, 3.05) is 5.32 Å². The van der Waals surface area contributed by atoms with Crippen LogP contribution in [-0.2, 0) is 0 Å². The summed E-state index contributed by atoms with van der Waals surface area (Å²) in [5.74, 6) is -2.83. The number of amides is 1. The molecule has 0 radical (unpaired) electrons. The summed E-state index contributed by atoms with van der Waals surface area (Å²) in [5, 5.41) is 6.35. The van der Waals surface area contributed by atoms with Crippen molar-refractivity contribution in [2.24, 2.45) is 0 Å². The van der Waals surface area contributed by atoms with E-state index >= 15 is 0 Å². The lowest BCUT2D eigenvalue weighted by molar-refractivity contribution is 0.101. The summed E-state index contributed by atoms with van der Waals surface area (Å²) < 4.78 is 29.2. The fourth-order valence-electron chi connectivity index (χ4n) is 2.01. The number of benzene rings is 2. The number of carbonyl (C=O) groups is 1. The summed E-state index contributed by atoms with van der Waals surface area (Å²) in [5.41, 5.74) is -0.0344. The summed E-state index contributed by atoms with van der Waals surface area (Å²) in [6, 6.07) is 10.9. The number of rotatable bonds is 3. The Morgan fingerprint density at radius 1 is 1.13 bits per heavy atom. The summed E-state index contributed by atoms with van der Waals surface area (Å²) in [4.78, 5) is 16.1. The lowest BCUT2D eigenvalue weighted by Gasteiger charge is -2.08. The van der Waals surface area contributed by atoms with Gasteiger partial charge in [0.15, 0.2) is 0 Å². The van der Waals surface area contributed by atoms with Gasteiger partial charge in [0, 0.05) is 4.47 Å². The van der Waals surface area contributed by atoms with Crippen molar-refractivity contribution in [3.63, 3.8) is 0 Å². The van der Waals surface area contributed by atoms with Crippen LogP contribution in [0.4, 0.5) is 14.7 Å². The van der Waals surface area contributed by atoms with E-state index in [0.29, 0.717) is 5.69 Å². The molecule has 0 aliphatic carbocycles. The van der Waals surface area contributed by atoms with Crippen LogP contribution in [0.3, 0.4) is 0 Å². The number of halogens is 3. The van der Waals surface area contributed by atoms with Crippen LogP contribution in [0.2, 0.25) is 0 Å². The number of anilines is 1. The van der Waals surface area contributed by atoms with Crippen LogP contribution < -0.4 is 5.32 Å². The Labute approximate surface area is 138 Å². The molecule has 0 aliphatic heterocycles. The van der Waals surface area contributed by atoms with E-state index in [1.165, 1.54) is 11.0 Å². The fourth-order valence-corrected chi connectivity index (χ4v) is 2.41. The zero-order valence-electron chi connectivity index (χ0n) is 11.5. The summed E-state index contributed by atoms with van der Waals surface area (Å²) in [6.07, 6.45) is 1.23. The number of aromatic nitrogens is 3. The molecule has 2 aromatic carbocycles. The molecular formula is C15H9BrF2N4O. The fraction of sp³-hybridized carbons (Fsp3) is 0. The lowest BCUT2D eigenvalue weighted by atomic mass is 10.2. The third-order valence-electron chi connectivity index (χ3n) is 3.01. The second-order valence-corrected chi connectivity index (χ2v) is 5.45. The van der Waals surface area contributed by atoms with Gasteiger partial charge in [-0.05, 0) is 24.3 Å². The second-order valence-electron chi connectivity index (χ2n) is 4.53. The van der Waals surface area contributed by atoms with Crippen molar-refractivity contribution < 1.29 is 13.6 Å². The Hall–Kier alpha value is -2.61. The topological polar surface area (TPSA) is 59.8 Å². The highest BCUT2D eigenvalue weighted by molar-refractivity contribution is 9.10. The molecule has 8 heteroatoms. The Kier molecular flexibility index (Phi) is 4.16. The molecule has 0 spiro atoms. The third kappa shape index (κ3) is 3.11. The molecule has 3 rings (SSSR count). The maximum absolute atomic E-state index is 13.8. The monoisotopic (exact) mass is 378 g/mol. The third-order valence-corrected chi connectivity index (χ3v) is 3.47. The van der Waals surface area contributed by atoms with Gasteiger partial charge in [-0.25, -0.2) is 8.78 Å². The van der Waals surface area contributed by atoms with E-state index in [1.807, 2.05) is 6.07 Å².